The molecule has 1 aromatic carbocycles. The number of likely N-dealkylation sites (tertiary alicyclic amines) is 1. The van der Waals surface area contributed by atoms with Crippen LogP contribution < -0.4 is 4.90 Å². The van der Waals surface area contributed by atoms with Gasteiger partial charge in [0.2, 0.25) is 0 Å². The van der Waals surface area contributed by atoms with Gasteiger partial charge in [-0.2, -0.15) is 0 Å². The van der Waals surface area contributed by atoms with Crippen LogP contribution >= 0.6 is 0 Å². The molecule has 2 aromatic rings. The molecule has 2 fully saturated rings. The third-order valence-electron chi connectivity index (χ3n) is 4.37. The van der Waals surface area contributed by atoms with Crippen molar-refractivity contribution >= 4 is 16.7 Å². The zero-order chi connectivity index (χ0) is 12.1. The minimum atomic E-state index is 0.663. The van der Waals surface area contributed by atoms with Crippen LogP contribution in [-0.4, -0.2) is 47.1 Å². The van der Waals surface area contributed by atoms with Crippen LogP contribution in [0.3, 0.4) is 0 Å². The van der Waals surface area contributed by atoms with Crippen molar-refractivity contribution in [2.75, 3.05) is 25.0 Å². The second-order valence-corrected chi connectivity index (χ2v) is 5.59. The number of hydrogen-bond donors (Lipinski definition) is 1. The van der Waals surface area contributed by atoms with Gasteiger partial charge in [-0.3, -0.25) is 0 Å². The Morgan fingerprint density at radius 2 is 2.00 bits per heavy atom. The molecule has 2 saturated heterocycles. The smallest absolute Gasteiger partial charge is 0.112 e. The molecule has 2 atom stereocenters. The summed E-state index contributed by atoms with van der Waals surface area (Å²) < 4.78 is 0. The Bertz CT molecular complexity index is 562. The largest absolute Gasteiger partial charge is 0.361 e. The lowest BCUT2D eigenvalue weighted by molar-refractivity contribution is 0.265. The van der Waals surface area contributed by atoms with Gasteiger partial charge in [0.15, 0.2) is 0 Å². The van der Waals surface area contributed by atoms with Crippen molar-refractivity contribution in [1.82, 2.24) is 14.9 Å². The van der Waals surface area contributed by atoms with Crippen molar-refractivity contribution in [3.05, 3.63) is 24.5 Å². The molecule has 0 radical (unpaired) electrons. The fraction of sp³-hybridized carbons (Fsp3) is 0.500. The summed E-state index contributed by atoms with van der Waals surface area (Å²) >= 11 is 0. The Hall–Kier alpha value is -1.55. The van der Waals surface area contributed by atoms with E-state index in [0.717, 1.165) is 11.0 Å². The Kier molecular flexibility index (Phi) is 2.14. The summed E-state index contributed by atoms with van der Waals surface area (Å²) in [5.74, 6) is 0. The molecule has 4 heteroatoms. The highest BCUT2D eigenvalue weighted by molar-refractivity contribution is 5.89. The molecule has 2 aliphatic heterocycles. The Morgan fingerprint density at radius 1 is 1.22 bits per heavy atom. The summed E-state index contributed by atoms with van der Waals surface area (Å²) in [5, 5.41) is 0. The summed E-state index contributed by atoms with van der Waals surface area (Å²) in [6.07, 6.45) is 4.43. The molecule has 2 bridgehead atoms. The first-order valence-electron chi connectivity index (χ1n) is 6.72. The van der Waals surface area contributed by atoms with Crippen molar-refractivity contribution in [3.8, 4) is 0 Å². The molecule has 1 aromatic heterocycles. The number of likely N-dealkylation sites (N-methyl/N-ethyl adjacent to an activating group) is 1. The van der Waals surface area contributed by atoms with E-state index in [2.05, 4.69) is 45.0 Å². The predicted octanol–water partition coefficient (Wildman–Crippen LogP) is 1.85. The average Bonchev–Trinajstić information content (AvgIpc) is 2.92. The molecule has 0 saturated carbocycles. The normalized spacial score (nSPS) is 28.2. The Morgan fingerprint density at radius 3 is 2.78 bits per heavy atom. The molecule has 0 spiro atoms. The van der Waals surface area contributed by atoms with E-state index in [1.165, 1.54) is 31.6 Å². The van der Waals surface area contributed by atoms with Crippen LogP contribution in [0.25, 0.3) is 11.0 Å². The van der Waals surface area contributed by atoms with E-state index >= 15 is 0 Å². The van der Waals surface area contributed by atoms with E-state index in [0.29, 0.717) is 12.1 Å². The van der Waals surface area contributed by atoms with Gasteiger partial charge in [-0.1, -0.05) is 6.07 Å². The van der Waals surface area contributed by atoms with Crippen LogP contribution in [0.2, 0.25) is 0 Å². The molecule has 18 heavy (non-hydrogen) atoms. The maximum absolute atomic E-state index is 4.50. The second-order valence-electron chi connectivity index (χ2n) is 5.59. The standard InChI is InChI=1S/C14H18N4/c1-17-7-10-5-6-11(8-17)18(10)13-4-2-3-12-14(13)16-9-15-12/h2-4,9-11H,5-8H2,1H3,(H,15,16). The van der Waals surface area contributed by atoms with Crippen molar-refractivity contribution < 1.29 is 0 Å². The summed E-state index contributed by atoms with van der Waals surface area (Å²) in [4.78, 5) is 12.8. The zero-order valence-corrected chi connectivity index (χ0v) is 10.6. The maximum Gasteiger partial charge on any atom is 0.112 e. The number of para-hydroxylation sites is 1. The number of benzene rings is 1. The number of anilines is 1. The summed E-state index contributed by atoms with van der Waals surface area (Å²) in [6.45, 7) is 2.36. The fourth-order valence-electron chi connectivity index (χ4n) is 3.67. The minimum Gasteiger partial charge on any atom is -0.361 e. The molecule has 94 valence electrons. The van der Waals surface area contributed by atoms with Gasteiger partial charge in [0.1, 0.15) is 5.52 Å². The number of rotatable bonds is 1. The molecule has 3 heterocycles. The lowest BCUT2D eigenvalue weighted by Crippen LogP contribution is -2.52. The first-order valence-corrected chi connectivity index (χ1v) is 6.72. The van der Waals surface area contributed by atoms with Gasteiger partial charge in [0.05, 0.1) is 17.5 Å². The molecular formula is C14H18N4. The molecule has 0 amide bonds. The lowest BCUT2D eigenvalue weighted by atomic mass is 10.1. The number of nitrogens with zero attached hydrogens (tertiary/aromatic N) is 3. The van der Waals surface area contributed by atoms with Gasteiger partial charge in [-0.05, 0) is 32.0 Å². The lowest BCUT2D eigenvalue weighted by Gasteiger charge is -2.41. The van der Waals surface area contributed by atoms with Gasteiger partial charge in [-0.25, -0.2) is 4.98 Å². The van der Waals surface area contributed by atoms with Gasteiger partial charge in [0.25, 0.3) is 0 Å². The van der Waals surface area contributed by atoms with Crippen LogP contribution in [-0.2, 0) is 0 Å². The first-order chi connectivity index (χ1) is 8.83. The van der Waals surface area contributed by atoms with Gasteiger partial charge < -0.3 is 14.8 Å². The number of piperazine rings is 1. The number of H-pyrrole nitrogens is 1. The van der Waals surface area contributed by atoms with Gasteiger partial charge >= 0.3 is 0 Å². The third-order valence-corrected chi connectivity index (χ3v) is 4.37. The van der Waals surface area contributed by atoms with Crippen molar-refractivity contribution in [2.24, 2.45) is 0 Å². The topological polar surface area (TPSA) is 35.2 Å². The molecule has 2 unspecified atom stereocenters. The second kappa shape index (κ2) is 3.72. The van der Waals surface area contributed by atoms with E-state index in [1.54, 1.807) is 6.33 Å². The predicted molar refractivity (Wildman–Crippen MR) is 72.9 cm³/mol. The number of aromatic amines is 1. The third kappa shape index (κ3) is 1.38. The Balaban J connectivity index is 1.81. The SMILES string of the molecule is CN1CC2CCC(C1)N2c1cccc2[nH]cnc12. The summed E-state index contributed by atoms with van der Waals surface area (Å²) in [6, 6.07) is 7.78. The van der Waals surface area contributed by atoms with Crippen molar-refractivity contribution in [3.63, 3.8) is 0 Å². The van der Waals surface area contributed by atoms with E-state index in [1.807, 2.05) is 0 Å². The molecule has 4 rings (SSSR count). The van der Waals surface area contributed by atoms with E-state index in [-0.39, 0.29) is 0 Å². The van der Waals surface area contributed by atoms with Crippen LogP contribution in [0.5, 0.6) is 0 Å². The molecule has 1 N–H and O–H groups in total. The van der Waals surface area contributed by atoms with Crippen LogP contribution in [0.1, 0.15) is 12.8 Å². The zero-order valence-electron chi connectivity index (χ0n) is 10.6. The van der Waals surface area contributed by atoms with E-state index in [9.17, 15) is 0 Å². The van der Waals surface area contributed by atoms with Gasteiger partial charge in [-0.15, -0.1) is 0 Å². The van der Waals surface area contributed by atoms with Crippen LogP contribution in [0.15, 0.2) is 24.5 Å². The van der Waals surface area contributed by atoms with Gasteiger partial charge in [0, 0.05) is 25.2 Å². The first kappa shape index (κ1) is 10.4. The number of nitrogens with one attached hydrogen (secondary N) is 1. The maximum atomic E-state index is 4.50. The highest BCUT2D eigenvalue weighted by Crippen LogP contribution is 2.37. The van der Waals surface area contributed by atoms with Crippen molar-refractivity contribution in [1.29, 1.82) is 0 Å². The summed E-state index contributed by atoms with van der Waals surface area (Å²) in [7, 11) is 2.23. The monoisotopic (exact) mass is 242 g/mol. The molecule has 0 aliphatic carbocycles. The van der Waals surface area contributed by atoms with Crippen LogP contribution in [0.4, 0.5) is 5.69 Å². The number of hydrogen-bond acceptors (Lipinski definition) is 3. The minimum absolute atomic E-state index is 0.663. The van der Waals surface area contributed by atoms with E-state index < -0.39 is 0 Å². The molecule has 4 nitrogen and oxygen atoms in total. The average molecular weight is 242 g/mol. The number of fused-ring (bicyclic) bond motifs is 3. The van der Waals surface area contributed by atoms with E-state index in [4.69, 9.17) is 0 Å². The molecule has 2 aliphatic rings. The highest BCUT2D eigenvalue weighted by atomic mass is 15.3. The van der Waals surface area contributed by atoms with Crippen molar-refractivity contribution in [2.45, 2.75) is 24.9 Å². The highest BCUT2D eigenvalue weighted by Gasteiger charge is 2.39. The fourth-order valence-corrected chi connectivity index (χ4v) is 3.67. The Labute approximate surface area is 107 Å². The molecular weight excluding hydrogens is 224 g/mol. The van der Waals surface area contributed by atoms with Crippen LogP contribution in [0, 0.1) is 0 Å². The quantitative estimate of drug-likeness (QED) is 0.829. The summed E-state index contributed by atoms with van der Waals surface area (Å²) in [5.41, 5.74) is 3.58. The number of imidazole rings is 1. The number of aromatic nitrogens is 2.